The molecule has 23 heavy (non-hydrogen) atoms. The molecule has 1 aliphatic rings. The van der Waals surface area contributed by atoms with Crippen LogP contribution in [0, 0.1) is 0 Å². The number of aliphatic carboxylic acids is 1. The minimum Gasteiger partial charge on any atom is -0.481 e. The standard InChI is InChI=1S/C18H25NO4/c1-12-14-7-5-6-13(8-9-16(20)21)15(14)10-11-19(12)17(22)23-18(2,3)4/h5-7,12H,8-11H2,1-4H3,(H,20,21). The van der Waals surface area contributed by atoms with Crippen LogP contribution in [0.3, 0.4) is 0 Å². The van der Waals surface area contributed by atoms with E-state index in [9.17, 15) is 9.59 Å². The van der Waals surface area contributed by atoms with Crippen molar-refractivity contribution in [3.05, 3.63) is 34.9 Å². The van der Waals surface area contributed by atoms with Gasteiger partial charge in [-0.15, -0.1) is 0 Å². The van der Waals surface area contributed by atoms with E-state index in [-0.39, 0.29) is 18.6 Å². The van der Waals surface area contributed by atoms with Crippen LogP contribution in [0.5, 0.6) is 0 Å². The number of benzene rings is 1. The quantitative estimate of drug-likeness (QED) is 0.925. The van der Waals surface area contributed by atoms with Crippen molar-refractivity contribution >= 4 is 12.1 Å². The zero-order chi connectivity index (χ0) is 17.2. The molecule has 5 heteroatoms. The van der Waals surface area contributed by atoms with Gasteiger partial charge in [0, 0.05) is 13.0 Å². The Morgan fingerprint density at radius 1 is 1.35 bits per heavy atom. The molecule has 0 aromatic heterocycles. The number of carbonyl (C=O) groups is 2. The number of amides is 1. The van der Waals surface area contributed by atoms with Gasteiger partial charge < -0.3 is 14.7 Å². The Hall–Kier alpha value is -2.04. The monoisotopic (exact) mass is 319 g/mol. The molecule has 0 saturated heterocycles. The summed E-state index contributed by atoms with van der Waals surface area (Å²) in [7, 11) is 0. The molecule has 1 amide bonds. The fourth-order valence-corrected chi connectivity index (χ4v) is 2.99. The summed E-state index contributed by atoms with van der Waals surface area (Å²) in [5, 5.41) is 8.88. The van der Waals surface area contributed by atoms with Crippen LogP contribution in [0.2, 0.25) is 0 Å². The van der Waals surface area contributed by atoms with Crippen molar-refractivity contribution in [2.75, 3.05) is 6.54 Å². The number of hydrogen-bond donors (Lipinski definition) is 1. The molecule has 1 aliphatic heterocycles. The summed E-state index contributed by atoms with van der Waals surface area (Å²) >= 11 is 0. The lowest BCUT2D eigenvalue weighted by Crippen LogP contribution is -2.42. The maximum Gasteiger partial charge on any atom is 0.410 e. The van der Waals surface area contributed by atoms with Gasteiger partial charge in [0.2, 0.25) is 0 Å². The van der Waals surface area contributed by atoms with Crippen LogP contribution in [0.1, 0.15) is 56.8 Å². The van der Waals surface area contributed by atoms with Gasteiger partial charge in [0.15, 0.2) is 0 Å². The van der Waals surface area contributed by atoms with Crippen molar-refractivity contribution in [2.45, 2.75) is 58.6 Å². The molecule has 1 aromatic carbocycles. The molecule has 1 unspecified atom stereocenters. The molecule has 1 heterocycles. The molecule has 1 atom stereocenters. The van der Waals surface area contributed by atoms with Crippen LogP contribution in [-0.2, 0) is 22.4 Å². The predicted molar refractivity (Wildman–Crippen MR) is 87.5 cm³/mol. The summed E-state index contributed by atoms with van der Waals surface area (Å²) in [4.78, 5) is 24.9. The molecular formula is C18H25NO4. The van der Waals surface area contributed by atoms with E-state index < -0.39 is 11.6 Å². The summed E-state index contributed by atoms with van der Waals surface area (Å²) in [5.74, 6) is -0.790. The fraction of sp³-hybridized carbons (Fsp3) is 0.556. The second-order valence-electron chi connectivity index (χ2n) is 6.98. The summed E-state index contributed by atoms with van der Waals surface area (Å²) in [6.45, 7) is 8.16. The number of hydrogen-bond acceptors (Lipinski definition) is 3. The lowest BCUT2D eigenvalue weighted by Gasteiger charge is -2.37. The van der Waals surface area contributed by atoms with E-state index in [0.717, 1.165) is 17.5 Å². The molecule has 0 fully saturated rings. The van der Waals surface area contributed by atoms with Crippen LogP contribution < -0.4 is 0 Å². The Morgan fingerprint density at radius 2 is 2.04 bits per heavy atom. The Bertz CT molecular complexity index is 604. The third-order valence-electron chi connectivity index (χ3n) is 4.07. The van der Waals surface area contributed by atoms with Gasteiger partial charge in [0.25, 0.3) is 0 Å². The first kappa shape index (κ1) is 17.3. The first-order valence-electron chi connectivity index (χ1n) is 8.01. The van der Waals surface area contributed by atoms with Gasteiger partial charge in [-0.2, -0.15) is 0 Å². The van der Waals surface area contributed by atoms with Crippen molar-refractivity contribution in [1.29, 1.82) is 0 Å². The number of ether oxygens (including phenoxy) is 1. The number of fused-ring (bicyclic) bond motifs is 1. The van der Waals surface area contributed by atoms with Gasteiger partial charge in [-0.3, -0.25) is 4.79 Å². The number of carboxylic acids is 1. The maximum atomic E-state index is 12.4. The number of aryl methyl sites for hydroxylation is 1. The molecule has 1 aromatic rings. The Labute approximate surface area is 137 Å². The Balaban J connectivity index is 2.20. The molecule has 5 nitrogen and oxygen atoms in total. The lowest BCUT2D eigenvalue weighted by molar-refractivity contribution is -0.136. The van der Waals surface area contributed by atoms with E-state index in [1.54, 1.807) is 4.90 Å². The first-order chi connectivity index (χ1) is 10.7. The smallest absolute Gasteiger partial charge is 0.410 e. The average Bonchev–Trinajstić information content (AvgIpc) is 2.43. The van der Waals surface area contributed by atoms with Crippen LogP contribution in [0.25, 0.3) is 0 Å². The van der Waals surface area contributed by atoms with Gasteiger partial charge in [-0.25, -0.2) is 4.79 Å². The average molecular weight is 319 g/mol. The minimum atomic E-state index is -0.790. The van der Waals surface area contributed by atoms with Gasteiger partial charge in [0.1, 0.15) is 5.60 Å². The topological polar surface area (TPSA) is 66.8 Å². The van der Waals surface area contributed by atoms with Gasteiger partial charge in [0.05, 0.1) is 6.04 Å². The summed E-state index contributed by atoms with van der Waals surface area (Å²) < 4.78 is 5.48. The zero-order valence-electron chi connectivity index (χ0n) is 14.3. The highest BCUT2D eigenvalue weighted by Crippen LogP contribution is 2.32. The highest BCUT2D eigenvalue weighted by Gasteiger charge is 2.31. The molecule has 2 rings (SSSR count). The van der Waals surface area contributed by atoms with E-state index in [2.05, 4.69) is 0 Å². The SMILES string of the molecule is CC1c2cccc(CCC(=O)O)c2CCN1C(=O)OC(C)(C)C. The number of carbonyl (C=O) groups excluding carboxylic acids is 1. The molecule has 0 radical (unpaired) electrons. The van der Waals surface area contributed by atoms with Crippen LogP contribution >= 0.6 is 0 Å². The molecule has 126 valence electrons. The maximum absolute atomic E-state index is 12.4. The van der Waals surface area contributed by atoms with Gasteiger partial charge >= 0.3 is 12.1 Å². The molecule has 0 spiro atoms. The fourth-order valence-electron chi connectivity index (χ4n) is 2.99. The van der Waals surface area contributed by atoms with Crippen molar-refractivity contribution in [3.63, 3.8) is 0 Å². The highest BCUT2D eigenvalue weighted by molar-refractivity contribution is 5.70. The van der Waals surface area contributed by atoms with Crippen LogP contribution in [0.4, 0.5) is 4.79 Å². The van der Waals surface area contributed by atoms with Gasteiger partial charge in [-0.05, 0) is 57.2 Å². The third kappa shape index (κ3) is 4.24. The van der Waals surface area contributed by atoms with Crippen molar-refractivity contribution in [3.8, 4) is 0 Å². The molecular weight excluding hydrogens is 294 g/mol. The first-order valence-corrected chi connectivity index (χ1v) is 8.01. The van der Waals surface area contributed by atoms with Crippen molar-refractivity contribution in [1.82, 2.24) is 4.90 Å². The van der Waals surface area contributed by atoms with Crippen LogP contribution in [0.15, 0.2) is 18.2 Å². The highest BCUT2D eigenvalue weighted by atomic mass is 16.6. The minimum absolute atomic E-state index is 0.0709. The predicted octanol–water partition coefficient (Wildman–Crippen LogP) is 3.56. The number of carboxylic acid groups (broad SMARTS) is 1. The molecule has 0 aliphatic carbocycles. The van der Waals surface area contributed by atoms with E-state index in [4.69, 9.17) is 9.84 Å². The van der Waals surface area contributed by atoms with E-state index >= 15 is 0 Å². The Morgan fingerprint density at radius 3 is 2.65 bits per heavy atom. The van der Waals surface area contributed by atoms with E-state index in [1.165, 1.54) is 5.56 Å². The number of nitrogens with zero attached hydrogens (tertiary/aromatic N) is 1. The van der Waals surface area contributed by atoms with E-state index in [1.807, 2.05) is 45.9 Å². The summed E-state index contributed by atoms with van der Waals surface area (Å²) in [6.07, 6.45) is 1.08. The Kier molecular flexibility index (Phi) is 4.97. The molecule has 0 bridgehead atoms. The lowest BCUT2D eigenvalue weighted by atomic mass is 9.88. The zero-order valence-corrected chi connectivity index (χ0v) is 14.3. The second kappa shape index (κ2) is 6.60. The van der Waals surface area contributed by atoms with Gasteiger partial charge in [-0.1, -0.05) is 18.2 Å². The molecule has 1 N–H and O–H groups in total. The van der Waals surface area contributed by atoms with Crippen molar-refractivity contribution in [2.24, 2.45) is 0 Å². The largest absolute Gasteiger partial charge is 0.481 e. The van der Waals surface area contributed by atoms with Crippen LogP contribution in [-0.4, -0.2) is 34.2 Å². The molecule has 0 saturated carbocycles. The summed E-state index contributed by atoms with van der Waals surface area (Å²) in [6, 6.07) is 5.86. The van der Waals surface area contributed by atoms with Crippen molar-refractivity contribution < 1.29 is 19.4 Å². The summed E-state index contributed by atoms with van der Waals surface area (Å²) in [5.41, 5.74) is 2.83. The normalized spacial score (nSPS) is 17.6. The van der Waals surface area contributed by atoms with E-state index in [0.29, 0.717) is 13.0 Å². The number of rotatable bonds is 3. The second-order valence-corrected chi connectivity index (χ2v) is 6.98. The third-order valence-corrected chi connectivity index (χ3v) is 4.07.